The van der Waals surface area contributed by atoms with Crippen LogP contribution in [0.25, 0.3) is 11.1 Å². The highest BCUT2D eigenvalue weighted by atomic mass is 35.5. The lowest BCUT2D eigenvalue weighted by Gasteiger charge is -2.20. The fourth-order valence-electron chi connectivity index (χ4n) is 2.69. The maximum absolute atomic E-state index is 6.21. The fourth-order valence-corrected chi connectivity index (χ4v) is 2.87. The zero-order valence-electron chi connectivity index (χ0n) is 13.7. The predicted octanol–water partition coefficient (Wildman–Crippen LogP) is 6.04. The van der Waals surface area contributed by atoms with E-state index in [1.54, 1.807) is 0 Å². The van der Waals surface area contributed by atoms with Gasteiger partial charge in [-0.3, -0.25) is 5.10 Å². The summed E-state index contributed by atoms with van der Waals surface area (Å²) in [6.07, 6.45) is 6.99. The second-order valence-electron chi connectivity index (χ2n) is 5.82. The molecule has 0 aliphatic rings. The first kappa shape index (κ1) is 16.6. The number of H-pyrrole nitrogens is 1. The van der Waals surface area contributed by atoms with Crippen molar-refractivity contribution < 1.29 is 4.74 Å². The average Bonchev–Trinajstić information content (AvgIpc) is 3.13. The van der Waals surface area contributed by atoms with E-state index in [4.69, 9.17) is 16.3 Å². The predicted molar refractivity (Wildman–Crippen MR) is 98.4 cm³/mol. The molecule has 0 bridgehead atoms. The van der Waals surface area contributed by atoms with Crippen LogP contribution in [0.2, 0.25) is 5.02 Å². The van der Waals surface area contributed by atoms with Gasteiger partial charge in [-0.25, -0.2) is 0 Å². The Morgan fingerprint density at radius 1 is 1.12 bits per heavy atom. The van der Waals surface area contributed by atoms with Crippen LogP contribution in [0.1, 0.15) is 37.9 Å². The summed E-state index contributed by atoms with van der Waals surface area (Å²) in [6.45, 7) is 2.19. The molecule has 1 unspecified atom stereocenters. The molecule has 1 aromatic heterocycles. The van der Waals surface area contributed by atoms with Crippen molar-refractivity contribution in [3.8, 4) is 16.9 Å². The highest BCUT2D eigenvalue weighted by Crippen LogP contribution is 2.29. The molecule has 3 rings (SSSR count). The standard InChI is InChI=1S/C20H21ClN2O/c1-2-3-7-20(24-19-6-4-5-18(21)12-19)16-10-8-15(9-11-16)17-13-22-23-14-17/h4-6,8-14,20H,2-3,7H2,1H3,(H,22,23). The Morgan fingerprint density at radius 2 is 1.96 bits per heavy atom. The maximum atomic E-state index is 6.21. The summed E-state index contributed by atoms with van der Waals surface area (Å²) in [5, 5.41) is 7.53. The van der Waals surface area contributed by atoms with Crippen LogP contribution in [0.4, 0.5) is 0 Å². The lowest BCUT2D eigenvalue weighted by Crippen LogP contribution is -2.07. The molecule has 3 nitrogen and oxygen atoms in total. The van der Waals surface area contributed by atoms with Crippen LogP contribution in [0.5, 0.6) is 5.75 Å². The summed E-state index contributed by atoms with van der Waals surface area (Å²) in [5.41, 5.74) is 3.41. The molecule has 0 aliphatic heterocycles. The summed E-state index contributed by atoms with van der Waals surface area (Å²) >= 11 is 6.07. The molecular weight excluding hydrogens is 320 g/mol. The minimum Gasteiger partial charge on any atom is -0.486 e. The van der Waals surface area contributed by atoms with Crippen molar-refractivity contribution in [2.75, 3.05) is 0 Å². The largest absolute Gasteiger partial charge is 0.486 e. The van der Waals surface area contributed by atoms with E-state index in [1.165, 1.54) is 5.56 Å². The number of rotatable bonds is 7. The van der Waals surface area contributed by atoms with Crippen LogP contribution in [-0.2, 0) is 0 Å². The number of aromatic nitrogens is 2. The number of hydrogen-bond acceptors (Lipinski definition) is 2. The minimum absolute atomic E-state index is 0.0295. The smallest absolute Gasteiger partial charge is 0.124 e. The van der Waals surface area contributed by atoms with Crippen molar-refractivity contribution in [2.45, 2.75) is 32.3 Å². The van der Waals surface area contributed by atoms with E-state index in [9.17, 15) is 0 Å². The van der Waals surface area contributed by atoms with Gasteiger partial charge in [0.25, 0.3) is 0 Å². The zero-order valence-corrected chi connectivity index (χ0v) is 14.5. The van der Waals surface area contributed by atoms with E-state index in [1.807, 2.05) is 36.7 Å². The highest BCUT2D eigenvalue weighted by molar-refractivity contribution is 6.30. The number of ether oxygens (including phenoxy) is 1. The van der Waals surface area contributed by atoms with E-state index < -0.39 is 0 Å². The second-order valence-corrected chi connectivity index (χ2v) is 6.25. The third kappa shape index (κ3) is 4.18. The topological polar surface area (TPSA) is 37.9 Å². The van der Waals surface area contributed by atoms with Gasteiger partial charge >= 0.3 is 0 Å². The normalized spacial score (nSPS) is 12.1. The lowest BCUT2D eigenvalue weighted by atomic mass is 10.0. The first-order valence-corrected chi connectivity index (χ1v) is 8.65. The van der Waals surface area contributed by atoms with E-state index in [2.05, 4.69) is 41.4 Å². The van der Waals surface area contributed by atoms with Crippen LogP contribution < -0.4 is 4.74 Å². The molecule has 1 atom stereocenters. The summed E-state index contributed by atoms with van der Waals surface area (Å²) in [6, 6.07) is 16.1. The fraction of sp³-hybridized carbons (Fsp3) is 0.250. The van der Waals surface area contributed by atoms with E-state index in [-0.39, 0.29) is 6.10 Å². The number of nitrogens with one attached hydrogen (secondary N) is 1. The van der Waals surface area contributed by atoms with E-state index in [0.717, 1.165) is 36.1 Å². The summed E-state index contributed by atoms with van der Waals surface area (Å²) in [7, 11) is 0. The van der Waals surface area contributed by atoms with Gasteiger partial charge in [-0.15, -0.1) is 0 Å². The van der Waals surface area contributed by atoms with Crippen molar-refractivity contribution in [2.24, 2.45) is 0 Å². The molecule has 3 aromatic rings. The Morgan fingerprint density at radius 3 is 2.62 bits per heavy atom. The van der Waals surface area contributed by atoms with Crippen LogP contribution in [0.15, 0.2) is 60.9 Å². The Bertz CT molecular complexity index is 754. The highest BCUT2D eigenvalue weighted by Gasteiger charge is 2.14. The molecule has 24 heavy (non-hydrogen) atoms. The van der Waals surface area contributed by atoms with Crippen LogP contribution in [0, 0.1) is 0 Å². The number of hydrogen-bond donors (Lipinski definition) is 1. The quantitative estimate of drug-likeness (QED) is 0.569. The van der Waals surface area contributed by atoms with Crippen molar-refractivity contribution in [1.82, 2.24) is 10.2 Å². The molecule has 0 fully saturated rings. The van der Waals surface area contributed by atoms with Crippen LogP contribution >= 0.6 is 11.6 Å². The van der Waals surface area contributed by atoms with Crippen LogP contribution in [0.3, 0.4) is 0 Å². The van der Waals surface area contributed by atoms with Crippen molar-refractivity contribution in [3.05, 3.63) is 71.5 Å². The lowest BCUT2D eigenvalue weighted by molar-refractivity contribution is 0.191. The molecule has 0 spiro atoms. The molecule has 2 aromatic carbocycles. The van der Waals surface area contributed by atoms with Crippen molar-refractivity contribution >= 4 is 11.6 Å². The monoisotopic (exact) mass is 340 g/mol. The van der Waals surface area contributed by atoms with Gasteiger partial charge in [-0.2, -0.15) is 5.10 Å². The molecule has 0 saturated carbocycles. The molecule has 0 saturated heterocycles. The molecular formula is C20H21ClN2O. The second kappa shape index (κ2) is 8.02. The van der Waals surface area contributed by atoms with E-state index in [0.29, 0.717) is 5.02 Å². The van der Waals surface area contributed by atoms with Crippen LogP contribution in [-0.4, -0.2) is 10.2 Å². The number of benzene rings is 2. The third-order valence-corrected chi connectivity index (χ3v) is 4.24. The first-order valence-electron chi connectivity index (χ1n) is 8.27. The van der Waals surface area contributed by atoms with Gasteiger partial charge in [0.2, 0.25) is 0 Å². The molecule has 1 N–H and O–H groups in total. The number of nitrogens with zero attached hydrogens (tertiary/aromatic N) is 1. The summed E-state index contributed by atoms with van der Waals surface area (Å²) < 4.78 is 6.21. The van der Waals surface area contributed by atoms with Gasteiger partial charge in [-0.05, 0) is 42.2 Å². The summed E-state index contributed by atoms with van der Waals surface area (Å²) in [5.74, 6) is 0.808. The van der Waals surface area contributed by atoms with Gasteiger partial charge < -0.3 is 4.74 Å². The first-order chi connectivity index (χ1) is 11.8. The number of aromatic amines is 1. The number of halogens is 1. The van der Waals surface area contributed by atoms with Gasteiger partial charge in [0.1, 0.15) is 11.9 Å². The Balaban J connectivity index is 1.80. The SMILES string of the molecule is CCCCC(Oc1cccc(Cl)c1)c1ccc(-c2cn[nH]c2)cc1. The number of unbranched alkanes of at least 4 members (excludes halogenated alkanes) is 1. The average molecular weight is 341 g/mol. The molecule has 4 heteroatoms. The van der Waals surface area contributed by atoms with Gasteiger partial charge in [0.05, 0.1) is 6.20 Å². The Labute approximate surface area is 147 Å². The molecule has 0 aliphatic carbocycles. The molecule has 124 valence electrons. The molecule has 0 amide bonds. The van der Waals surface area contributed by atoms with Gasteiger partial charge in [0, 0.05) is 16.8 Å². The van der Waals surface area contributed by atoms with Gasteiger partial charge in [0.15, 0.2) is 0 Å². The minimum atomic E-state index is 0.0295. The summed E-state index contributed by atoms with van der Waals surface area (Å²) in [4.78, 5) is 0. The third-order valence-electron chi connectivity index (χ3n) is 4.01. The Hall–Kier alpha value is -2.26. The molecule has 0 radical (unpaired) electrons. The zero-order chi connectivity index (χ0) is 16.8. The maximum Gasteiger partial charge on any atom is 0.124 e. The van der Waals surface area contributed by atoms with Crippen molar-refractivity contribution in [3.63, 3.8) is 0 Å². The van der Waals surface area contributed by atoms with E-state index >= 15 is 0 Å². The van der Waals surface area contributed by atoms with Crippen molar-refractivity contribution in [1.29, 1.82) is 0 Å². The molecule has 1 heterocycles. The van der Waals surface area contributed by atoms with Gasteiger partial charge in [-0.1, -0.05) is 55.3 Å². The Kier molecular flexibility index (Phi) is 5.55.